The molecular formula is C16H25N3O3. The minimum atomic E-state index is 0.139. The number of hydrogen-bond acceptors (Lipinski definition) is 5. The number of rotatable bonds is 7. The van der Waals surface area contributed by atoms with Crippen LogP contribution in [-0.2, 0) is 16.0 Å². The lowest BCUT2D eigenvalue weighted by atomic mass is 10.1. The molecule has 22 heavy (non-hydrogen) atoms. The SMILES string of the molecule is COCOc1cccc2[nH]cc(CCN(C)C)c12.NCC=O. The van der Waals surface area contributed by atoms with E-state index in [-0.39, 0.29) is 13.3 Å². The molecule has 0 spiro atoms. The predicted octanol–water partition coefficient (Wildman–Crippen LogP) is 1.40. The highest BCUT2D eigenvalue weighted by Gasteiger charge is 2.09. The molecule has 1 aromatic heterocycles. The first kappa shape index (κ1) is 18.2. The van der Waals surface area contributed by atoms with Gasteiger partial charge in [-0.15, -0.1) is 0 Å². The van der Waals surface area contributed by atoms with Crippen LogP contribution in [0.3, 0.4) is 0 Å². The van der Waals surface area contributed by atoms with Gasteiger partial charge in [0.1, 0.15) is 12.0 Å². The maximum atomic E-state index is 9.05. The van der Waals surface area contributed by atoms with Gasteiger partial charge >= 0.3 is 0 Å². The molecule has 0 aliphatic carbocycles. The molecule has 6 heteroatoms. The van der Waals surface area contributed by atoms with E-state index in [1.165, 1.54) is 5.56 Å². The Hall–Kier alpha value is -1.89. The van der Waals surface area contributed by atoms with Crippen molar-refractivity contribution in [3.8, 4) is 5.75 Å². The van der Waals surface area contributed by atoms with E-state index in [4.69, 9.17) is 14.3 Å². The second kappa shape index (κ2) is 9.94. The molecule has 0 saturated heterocycles. The number of nitrogens with two attached hydrogens (primary N) is 1. The molecule has 1 aromatic carbocycles. The molecule has 0 amide bonds. The monoisotopic (exact) mass is 307 g/mol. The number of likely N-dealkylation sites (N-methyl/N-ethyl adjacent to an activating group) is 1. The van der Waals surface area contributed by atoms with Gasteiger partial charge in [0.2, 0.25) is 0 Å². The van der Waals surface area contributed by atoms with E-state index in [2.05, 4.69) is 42.0 Å². The van der Waals surface area contributed by atoms with Crippen molar-refractivity contribution in [2.45, 2.75) is 6.42 Å². The molecule has 6 nitrogen and oxygen atoms in total. The summed E-state index contributed by atoms with van der Waals surface area (Å²) < 4.78 is 10.6. The normalized spacial score (nSPS) is 10.4. The molecule has 0 aliphatic rings. The minimum Gasteiger partial charge on any atom is -0.467 e. The number of fused-ring (bicyclic) bond motifs is 1. The Morgan fingerprint density at radius 2 is 2.09 bits per heavy atom. The zero-order chi connectivity index (χ0) is 16.4. The smallest absolute Gasteiger partial charge is 0.188 e. The van der Waals surface area contributed by atoms with E-state index < -0.39 is 0 Å². The van der Waals surface area contributed by atoms with Gasteiger partial charge in [-0.05, 0) is 38.2 Å². The Kier molecular flexibility index (Phi) is 8.21. The summed E-state index contributed by atoms with van der Waals surface area (Å²) in [6.07, 6.45) is 3.72. The number of nitrogens with one attached hydrogen (secondary N) is 1. The van der Waals surface area contributed by atoms with Gasteiger partial charge in [-0.3, -0.25) is 0 Å². The fraction of sp³-hybridized carbons (Fsp3) is 0.438. The molecule has 0 bridgehead atoms. The molecule has 2 rings (SSSR count). The molecule has 0 radical (unpaired) electrons. The van der Waals surface area contributed by atoms with Crippen LogP contribution in [0.1, 0.15) is 5.56 Å². The average molecular weight is 307 g/mol. The van der Waals surface area contributed by atoms with Crippen LogP contribution in [0.5, 0.6) is 5.75 Å². The second-order valence-electron chi connectivity index (χ2n) is 5.00. The first-order chi connectivity index (χ1) is 10.6. The third kappa shape index (κ3) is 5.48. The lowest BCUT2D eigenvalue weighted by Gasteiger charge is -2.10. The van der Waals surface area contributed by atoms with Crippen LogP contribution < -0.4 is 10.5 Å². The Labute approximate surface area is 131 Å². The van der Waals surface area contributed by atoms with E-state index in [1.54, 1.807) is 7.11 Å². The molecule has 0 fully saturated rings. The van der Waals surface area contributed by atoms with Gasteiger partial charge < -0.3 is 29.9 Å². The number of aldehydes is 1. The second-order valence-corrected chi connectivity index (χ2v) is 5.00. The van der Waals surface area contributed by atoms with E-state index in [0.29, 0.717) is 6.29 Å². The Bertz CT molecular complexity index is 567. The van der Waals surface area contributed by atoms with Crippen molar-refractivity contribution in [3.05, 3.63) is 30.0 Å². The Morgan fingerprint density at radius 1 is 1.36 bits per heavy atom. The highest BCUT2D eigenvalue weighted by molar-refractivity contribution is 5.89. The first-order valence-electron chi connectivity index (χ1n) is 7.13. The van der Waals surface area contributed by atoms with Crippen molar-refractivity contribution in [1.29, 1.82) is 0 Å². The van der Waals surface area contributed by atoms with Gasteiger partial charge in [-0.25, -0.2) is 0 Å². The number of benzene rings is 1. The number of ether oxygens (including phenoxy) is 2. The van der Waals surface area contributed by atoms with Crippen molar-refractivity contribution in [2.24, 2.45) is 5.73 Å². The van der Waals surface area contributed by atoms with Crippen molar-refractivity contribution in [2.75, 3.05) is 41.1 Å². The topological polar surface area (TPSA) is 80.6 Å². The molecule has 3 N–H and O–H groups in total. The van der Waals surface area contributed by atoms with Crippen LogP contribution in [0.25, 0.3) is 10.9 Å². The summed E-state index contributed by atoms with van der Waals surface area (Å²) in [5, 5.41) is 1.16. The Morgan fingerprint density at radius 3 is 2.68 bits per heavy atom. The fourth-order valence-corrected chi connectivity index (χ4v) is 2.00. The lowest BCUT2D eigenvalue weighted by molar-refractivity contribution is -0.106. The van der Waals surface area contributed by atoms with Gasteiger partial charge in [0.05, 0.1) is 0 Å². The molecular weight excluding hydrogens is 282 g/mol. The van der Waals surface area contributed by atoms with Crippen LogP contribution in [-0.4, -0.2) is 57.3 Å². The summed E-state index contributed by atoms with van der Waals surface area (Å²) in [7, 11) is 5.79. The van der Waals surface area contributed by atoms with Crippen molar-refractivity contribution in [3.63, 3.8) is 0 Å². The van der Waals surface area contributed by atoms with Gasteiger partial charge in [0.25, 0.3) is 0 Å². The minimum absolute atomic E-state index is 0.139. The maximum absolute atomic E-state index is 9.05. The van der Waals surface area contributed by atoms with Crippen LogP contribution >= 0.6 is 0 Å². The molecule has 0 atom stereocenters. The van der Waals surface area contributed by atoms with E-state index in [1.807, 2.05) is 12.1 Å². The average Bonchev–Trinajstić information content (AvgIpc) is 2.95. The summed E-state index contributed by atoms with van der Waals surface area (Å²) in [5.74, 6) is 0.879. The Balaban J connectivity index is 0.000000541. The number of carbonyl (C=O) groups excluding carboxylic acids is 1. The molecule has 2 aromatic rings. The lowest BCUT2D eigenvalue weighted by Crippen LogP contribution is -2.14. The van der Waals surface area contributed by atoms with Crippen molar-refractivity contribution < 1.29 is 14.3 Å². The van der Waals surface area contributed by atoms with Crippen LogP contribution in [0.2, 0.25) is 0 Å². The highest BCUT2D eigenvalue weighted by Crippen LogP contribution is 2.29. The van der Waals surface area contributed by atoms with Gasteiger partial charge in [0.15, 0.2) is 6.79 Å². The molecule has 0 unspecified atom stereocenters. The van der Waals surface area contributed by atoms with Gasteiger partial charge in [-0.2, -0.15) is 0 Å². The van der Waals surface area contributed by atoms with Crippen molar-refractivity contribution >= 4 is 17.2 Å². The number of nitrogens with zero attached hydrogens (tertiary/aromatic N) is 1. The molecule has 0 saturated carbocycles. The molecule has 1 heterocycles. The highest BCUT2D eigenvalue weighted by atomic mass is 16.7. The number of H-pyrrole nitrogens is 1. The largest absolute Gasteiger partial charge is 0.467 e. The zero-order valence-corrected chi connectivity index (χ0v) is 13.5. The summed E-state index contributed by atoms with van der Waals surface area (Å²) in [6, 6.07) is 6.03. The number of hydrogen-bond donors (Lipinski definition) is 2. The molecule has 122 valence electrons. The van der Waals surface area contributed by atoms with Crippen molar-refractivity contribution in [1.82, 2.24) is 9.88 Å². The summed E-state index contributed by atoms with van der Waals surface area (Å²) >= 11 is 0. The quantitative estimate of drug-likeness (QED) is 0.597. The summed E-state index contributed by atoms with van der Waals surface area (Å²) in [5.41, 5.74) is 7.05. The third-order valence-corrected chi connectivity index (χ3v) is 3.01. The fourth-order valence-electron chi connectivity index (χ4n) is 2.00. The van der Waals surface area contributed by atoms with E-state index in [0.717, 1.165) is 29.6 Å². The number of aromatic nitrogens is 1. The van der Waals surface area contributed by atoms with Crippen LogP contribution in [0, 0.1) is 0 Å². The van der Waals surface area contributed by atoms with Crippen LogP contribution in [0.15, 0.2) is 24.4 Å². The number of aromatic amines is 1. The van der Waals surface area contributed by atoms with Gasteiger partial charge in [-0.1, -0.05) is 6.07 Å². The van der Waals surface area contributed by atoms with E-state index in [9.17, 15) is 0 Å². The third-order valence-electron chi connectivity index (χ3n) is 3.01. The molecule has 0 aliphatic heterocycles. The van der Waals surface area contributed by atoms with Crippen LogP contribution in [0.4, 0.5) is 0 Å². The summed E-state index contributed by atoms with van der Waals surface area (Å²) in [6.45, 7) is 1.43. The summed E-state index contributed by atoms with van der Waals surface area (Å²) in [4.78, 5) is 14.5. The number of methoxy groups -OCH3 is 1. The maximum Gasteiger partial charge on any atom is 0.188 e. The zero-order valence-electron chi connectivity index (χ0n) is 13.5. The predicted molar refractivity (Wildman–Crippen MR) is 88.2 cm³/mol. The van der Waals surface area contributed by atoms with E-state index >= 15 is 0 Å². The standard InChI is InChI=1S/C14H20N2O2.C2H5NO/c1-16(2)8-7-11-9-15-12-5-4-6-13(14(11)12)18-10-17-3;3-1-2-4/h4-6,9,15H,7-8,10H2,1-3H3;2H,1,3H2. The number of carbonyl (C=O) groups is 1. The first-order valence-corrected chi connectivity index (χ1v) is 7.13. The van der Waals surface area contributed by atoms with Gasteiger partial charge in [0, 0.05) is 37.3 Å².